The Balaban J connectivity index is 2.17. The van der Waals surface area contributed by atoms with Gasteiger partial charge in [-0.25, -0.2) is 15.0 Å². The molecule has 0 radical (unpaired) electrons. The van der Waals surface area contributed by atoms with Crippen molar-refractivity contribution >= 4 is 27.8 Å². The molecule has 0 spiro atoms. The van der Waals surface area contributed by atoms with Crippen molar-refractivity contribution in [3.63, 3.8) is 0 Å². The van der Waals surface area contributed by atoms with Gasteiger partial charge in [0.05, 0.1) is 6.61 Å². The molecular weight excluding hydrogens is 246 g/mol. The average Bonchev–Trinajstić information content (AvgIpc) is 2.92. The van der Waals surface area contributed by atoms with Gasteiger partial charge < -0.3 is 4.74 Å². The van der Waals surface area contributed by atoms with E-state index in [-0.39, 0.29) is 0 Å². The summed E-state index contributed by atoms with van der Waals surface area (Å²) in [6.07, 6.45) is 5.00. The van der Waals surface area contributed by atoms with Crippen molar-refractivity contribution in [2.75, 3.05) is 12.4 Å². The van der Waals surface area contributed by atoms with Crippen LogP contribution in [0, 0.1) is 0 Å². The Labute approximate surface area is 110 Å². The first-order valence-corrected chi connectivity index (χ1v) is 6.96. The van der Waals surface area contributed by atoms with Crippen molar-refractivity contribution in [2.45, 2.75) is 13.3 Å². The highest BCUT2D eigenvalue weighted by Crippen LogP contribution is 2.37. The number of thioether (sulfide) groups is 1. The van der Waals surface area contributed by atoms with Crippen LogP contribution < -0.4 is 4.74 Å². The summed E-state index contributed by atoms with van der Waals surface area (Å²) in [5, 5.41) is 0. The molecule has 0 fully saturated rings. The summed E-state index contributed by atoms with van der Waals surface area (Å²) in [6.45, 7) is 2.54. The van der Waals surface area contributed by atoms with E-state index in [2.05, 4.69) is 21.0 Å². The van der Waals surface area contributed by atoms with Crippen LogP contribution in [-0.2, 0) is 0 Å². The van der Waals surface area contributed by atoms with Gasteiger partial charge in [-0.15, -0.1) is 11.8 Å². The molecule has 1 aliphatic rings. The normalized spacial score (nSPS) is 14.8. The molecule has 0 bridgehead atoms. The highest BCUT2D eigenvalue weighted by atomic mass is 32.2. The van der Waals surface area contributed by atoms with Crippen molar-refractivity contribution < 1.29 is 4.74 Å². The summed E-state index contributed by atoms with van der Waals surface area (Å²) in [5.41, 5.74) is 2.27. The Kier molecular flexibility index (Phi) is 3.15. The minimum atomic E-state index is 0.589. The number of fused-ring (bicyclic) bond motifs is 1. The van der Waals surface area contributed by atoms with Crippen molar-refractivity contribution in [1.82, 2.24) is 15.0 Å². The average molecular weight is 259 g/mol. The quantitative estimate of drug-likeness (QED) is 0.848. The SMILES string of the molecule is CCOc1nc2cccnc2nc1C1=CCCS1. The number of hydrogen-bond donors (Lipinski definition) is 0. The minimum Gasteiger partial charge on any atom is -0.476 e. The summed E-state index contributed by atoms with van der Waals surface area (Å²) in [4.78, 5) is 14.5. The van der Waals surface area contributed by atoms with Gasteiger partial charge in [0.1, 0.15) is 11.2 Å². The molecule has 0 N–H and O–H groups in total. The predicted molar refractivity (Wildman–Crippen MR) is 73.6 cm³/mol. The van der Waals surface area contributed by atoms with Crippen LogP contribution >= 0.6 is 11.8 Å². The maximum atomic E-state index is 5.60. The van der Waals surface area contributed by atoms with Gasteiger partial charge in [-0.2, -0.15) is 0 Å². The standard InChI is InChI=1S/C13H13N3OS/c1-2-17-13-11(10-6-4-8-18-10)16-12-9(15-13)5-3-7-14-12/h3,5-7H,2,4,8H2,1H3. The van der Waals surface area contributed by atoms with E-state index in [1.165, 1.54) is 0 Å². The lowest BCUT2D eigenvalue weighted by molar-refractivity contribution is 0.325. The molecule has 18 heavy (non-hydrogen) atoms. The van der Waals surface area contributed by atoms with Gasteiger partial charge in [-0.05, 0) is 25.5 Å². The van der Waals surface area contributed by atoms with Gasteiger partial charge in [-0.3, -0.25) is 0 Å². The van der Waals surface area contributed by atoms with E-state index in [0.717, 1.165) is 28.3 Å². The maximum absolute atomic E-state index is 5.60. The summed E-state index contributed by atoms with van der Waals surface area (Å²) >= 11 is 1.79. The number of ether oxygens (including phenoxy) is 1. The summed E-state index contributed by atoms with van der Waals surface area (Å²) in [6, 6.07) is 3.76. The van der Waals surface area contributed by atoms with Crippen LogP contribution in [0.5, 0.6) is 5.88 Å². The molecule has 0 saturated carbocycles. The van der Waals surface area contributed by atoms with Gasteiger partial charge >= 0.3 is 0 Å². The molecule has 5 heteroatoms. The molecule has 0 aliphatic carbocycles. The Bertz CT molecular complexity index is 612. The number of allylic oxidation sites excluding steroid dienone is 1. The van der Waals surface area contributed by atoms with Crippen LogP contribution in [0.2, 0.25) is 0 Å². The zero-order valence-corrected chi connectivity index (χ0v) is 10.9. The van der Waals surface area contributed by atoms with Gasteiger partial charge in [0.15, 0.2) is 5.65 Å². The number of hydrogen-bond acceptors (Lipinski definition) is 5. The molecule has 3 rings (SSSR count). The van der Waals surface area contributed by atoms with Crippen molar-refractivity contribution in [2.24, 2.45) is 0 Å². The van der Waals surface area contributed by atoms with E-state index in [9.17, 15) is 0 Å². The lowest BCUT2D eigenvalue weighted by Gasteiger charge is -2.09. The molecule has 4 nitrogen and oxygen atoms in total. The maximum Gasteiger partial charge on any atom is 0.241 e. The van der Waals surface area contributed by atoms with Crippen LogP contribution in [0.15, 0.2) is 24.4 Å². The highest BCUT2D eigenvalue weighted by Gasteiger charge is 2.17. The van der Waals surface area contributed by atoms with E-state index >= 15 is 0 Å². The second-order valence-electron chi connectivity index (χ2n) is 3.86. The fourth-order valence-corrected chi connectivity index (χ4v) is 2.82. The summed E-state index contributed by atoms with van der Waals surface area (Å²) in [5.74, 6) is 1.71. The largest absolute Gasteiger partial charge is 0.476 e. The monoisotopic (exact) mass is 259 g/mol. The third-order valence-electron chi connectivity index (χ3n) is 2.63. The van der Waals surface area contributed by atoms with Gasteiger partial charge in [0.2, 0.25) is 5.88 Å². The Morgan fingerprint density at radius 1 is 1.39 bits per heavy atom. The third kappa shape index (κ3) is 2.06. The lowest BCUT2D eigenvalue weighted by Crippen LogP contribution is -2.02. The second-order valence-corrected chi connectivity index (χ2v) is 5.00. The van der Waals surface area contributed by atoms with Crippen molar-refractivity contribution in [1.29, 1.82) is 0 Å². The second kappa shape index (κ2) is 4.94. The molecule has 92 valence electrons. The number of rotatable bonds is 3. The number of nitrogens with zero attached hydrogens (tertiary/aromatic N) is 3. The zero-order chi connectivity index (χ0) is 12.4. The zero-order valence-electron chi connectivity index (χ0n) is 10.1. The molecule has 1 aliphatic heterocycles. The van der Waals surface area contributed by atoms with Crippen LogP contribution in [0.4, 0.5) is 0 Å². The van der Waals surface area contributed by atoms with E-state index in [4.69, 9.17) is 4.74 Å². The van der Waals surface area contributed by atoms with Crippen LogP contribution in [0.25, 0.3) is 16.1 Å². The summed E-state index contributed by atoms with van der Waals surface area (Å²) < 4.78 is 5.60. The Morgan fingerprint density at radius 3 is 3.11 bits per heavy atom. The third-order valence-corrected chi connectivity index (χ3v) is 3.74. The van der Waals surface area contributed by atoms with Gasteiger partial charge in [0.25, 0.3) is 0 Å². The first kappa shape index (κ1) is 11.5. The topological polar surface area (TPSA) is 47.9 Å². The predicted octanol–water partition coefficient (Wildman–Crippen LogP) is 2.90. The van der Waals surface area contributed by atoms with E-state index in [0.29, 0.717) is 18.1 Å². The molecule has 0 saturated heterocycles. The van der Waals surface area contributed by atoms with Crippen molar-refractivity contribution in [3.8, 4) is 5.88 Å². The number of pyridine rings is 1. The summed E-state index contributed by atoms with van der Waals surface area (Å²) in [7, 11) is 0. The van der Waals surface area contributed by atoms with Crippen LogP contribution in [0.3, 0.4) is 0 Å². The van der Waals surface area contributed by atoms with Crippen LogP contribution in [0.1, 0.15) is 19.0 Å². The van der Waals surface area contributed by atoms with Gasteiger partial charge in [-0.1, -0.05) is 6.08 Å². The van der Waals surface area contributed by atoms with E-state index in [1.807, 2.05) is 19.1 Å². The molecule has 3 heterocycles. The van der Waals surface area contributed by atoms with E-state index in [1.54, 1.807) is 18.0 Å². The van der Waals surface area contributed by atoms with Crippen molar-refractivity contribution in [3.05, 3.63) is 30.1 Å². The fraction of sp³-hybridized carbons (Fsp3) is 0.308. The fourth-order valence-electron chi connectivity index (χ4n) is 1.86. The molecule has 0 amide bonds. The Morgan fingerprint density at radius 2 is 2.33 bits per heavy atom. The lowest BCUT2D eigenvalue weighted by atomic mass is 10.3. The van der Waals surface area contributed by atoms with Crippen LogP contribution in [-0.4, -0.2) is 27.3 Å². The smallest absolute Gasteiger partial charge is 0.241 e. The molecular formula is C13H13N3OS. The Hall–Kier alpha value is -1.62. The molecule has 0 atom stereocenters. The molecule has 2 aromatic rings. The minimum absolute atomic E-state index is 0.589. The first-order valence-electron chi connectivity index (χ1n) is 5.97. The van der Waals surface area contributed by atoms with Gasteiger partial charge in [0, 0.05) is 16.9 Å². The van der Waals surface area contributed by atoms with E-state index < -0.39 is 0 Å². The molecule has 0 unspecified atom stereocenters. The molecule has 0 aromatic carbocycles. The highest BCUT2D eigenvalue weighted by molar-refractivity contribution is 8.08. The first-order chi connectivity index (χ1) is 8.88. The molecule has 2 aromatic heterocycles. The number of aromatic nitrogens is 3.